The molecule has 1 aliphatic carbocycles. The van der Waals surface area contributed by atoms with Crippen molar-refractivity contribution in [3.05, 3.63) is 106 Å². The standard InChI is InChI=1S/C63H67N13O15S6/c1-31-47-54(83)75-62-74-49(42(97-62)26-87-3)53(82)65-25-45(78)72-50(51(80)32-12-8-7-9-13-32)59-70-41(29-94-59)57-68-39(27-93-57)48-36(55-69-40(28-92-55)52(81)67-38(24-44(77)64-2)58(73-47)96-31)20-21-37(66-48)56-71-43(30-95-56)76(63(86)91-35-18-15-34(16-19-35)61(85)90-6)23-11-10-14-33(60(84)89-5)17-22-46(79)88-4/h7-9,12-13,20-21,27-30,33-35,38,50-51,80H,10-11,14-19,22-26H2,1-6H3,(H,64,77)(H,65,82)(H,67,81)(H,72,78)(H,74,75,83)/t33?,34-,35-,38-,50-,51-/m0/s1. The predicted molar refractivity (Wildman–Crippen MR) is 362 cm³/mol. The van der Waals surface area contributed by atoms with Gasteiger partial charge in [-0.2, -0.15) is 0 Å². The van der Waals surface area contributed by atoms with Crippen molar-refractivity contribution < 1.29 is 71.9 Å². The number of aliphatic hydroxyl groups is 1. The Morgan fingerprint density at radius 1 is 0.691 bits per heavy atom. The lowest BCUT2D eigenvalue weighted by Crippen LogP contribution is -2.40. The summed E-state index contributed by atoms with van der Waals surface area (Å²) in [5.74, 6) is -5.12. The minimum absolute atomic E-state index is 0.0184. The Morgan fingerprint density at radius 3 is 2.16 bits per heavy atom. The van der Waals surface area contributed by atoms with E-state index in [1.807, 2.05) is 0 Å². The number of nitrogens with zero attached hydrogens (tertiary/aromatic N) is 8. The van der Waals surface area contributed by atoms with Crippen molar-refractivity contribution >= 4 is 133 Å². The summed E-state index contributed by atoms with van der Waals surface area (Å²) in [5.41, 5.74) is 2.18. The van der Waals surface area contributed by atoms with Crippen LogP contribution in [0.3, 0.4) is 0 Å². The number of carbonyl (C=O) groups excluding carboxylic acids is 9. The van der Waals surface area contributed by atoms with Crippen LogP contribution in [0.4, 0.5) is 15.7 Å². The first-order chi connectivity index (χ1) is 46.8. The molecule has 6 N–H and O–H groups in total. The summed E-state index contributed by atoms with van der Waals surface area (Å²) in [5, 5.41) is 34.1. The fraction of sp³-hybridized carbons (Fsp3) is 0.397. The molecule has 0 saturated heterocycles. The number of aromatic nitrogens is 7. The number of benzene rings is 1. The van der Waals surface area contributed by atoms with Gasteiger partial charge in [0.1, 0.15) is 83.3 Å². The van der Waals surface area contributed by atoms with Crippen molar-refractivity contribution in [2.24, 2.45) is 11.8 Å². The lowest BCUT2D eigenvalue weighted by atomic mass is 9.87. The third-order valence-electron chi connectivity index (χ3n) is 15.8. The molecule has 1 unspecified atom stereocenters. The Kier molecular flexibility index (Phi) is 24.0. The smallest absolute Gasteiger partial charge is 0.415 e. The molecule has 10 bridgehead atoms. The number of amides is 6. The zero-order chi connectivity index (χ0) is 68.9. The number of rotatable bonds is 19. The fourth-order valence-corrected chi connectivity index (χ4v) is 15.9. The number of esters is 3. The monoisotopic (exact) mass is 1440 g/mol. The number of hydrogen-bond acceptors (Lipinski definition) is 28. The lowest BCUT2D eigenvalue weighted by molar-refractivity contribution is -0.148. The molecule has 1 aliphatic heterocycles. The number of nitrogens with one attached hydrogen (secondary N) is 5. The maximum Gasteiger partial charge on any atom is 0.415 e. The largest absolute Gasteiger partial charge is 0.469 e. The predicted octanol–water partition coefficient (Wildman–Crippen LogP) is 9.02. The number of hydrogen-bond donors (Lipinski definition) is 6. The highest BCUT2D eigenvalue weighted by molar-refractivity contribution is 7.16. The van der Waals surface area contributed by atoms with Crippen LogP contribution in [-0.2, 0) is 54.3 Å². The minimum atomic E-state index is -1.32. The third-order valence-corrected chi connectivity index (χ3v) is 21.4. The van der Waals surface area contributed by atoms with Gasteiger partial charge in [0.25, 0.3) is 17.7 Å². The van der Waals surface area contributed by atoms with Crippen molar-refractivity contribution in [3.8, 4) is 43.4 Å². The molecule has 6 amide bonds. The van der Waals surface area contributed by atoms with E-state index in [2.05, 4.69) is 36.6 Å². The SMILES string of the molecule is CNC(=O)C[C@@H]1NC(=O)c2csc(n2)-c2ccc(-c3nc(N(CCCCC(CCC(=O)OC)C(=O)OC)C(=O)O[C@H]4CC[C@H](C(=O)OC)CC4)cs3)nc2-c2csc(n2)-c2csc(n2)[C@H]([C@@H](O)c2ccccc2)NC(=O)CNC(=O)c2nc(sc2COC)NC(=O)c2nc1sc2C. The summed E-state index contributed by atoms with van der Waals surface area (Å²) in [6, 6.07) is 9.99. The number of unbranched alkanes of at least 4 members (excludes halogenated alkanes) is 1. The van der Waals surface area contributed by atoms with Gasteiger partial charge >= 0.3 is 24.0 Å². The van der Waals surface area contributed by atoms with E-state index in [4.69, 9.17) is 48.6 Å². The number of pyridine rings is 1. The first-order valence-corrected chi connectivity index (χ1v) is 35.6. The molecule has 510 valence electrons. The number of aryl methyl sites for hydroxylation is 1. The third kappa shape index (κ3) is 17.5. The van der Waals surface area contributed by atoms with Crippen LogP contribution in [-0.4, -0.2) is 148 Å². The van der Waals surface area contributed by atoms with E-state index >= 15 is 0 Å². The second-order valence-corrected chi connectivity index (χ2v) is 28.0. The number of fused-ring (bicyclic) bond motifs is 14. The number of thiazole rings is 6. The zero-order valence-electron chi connectivity index (χ0n) is 53.2. The first kappa shape index (κ1) is 70.9. The summed E-state index contributed by atoms with van der Waals surface area (Å²) in [6.07, 6.45) is 0.532. The van der Waals surface area contributed by atoms with Crippen LogP contribution in [0.2, 0.25) is 0 Å². The van der Waals surface area contributed by atoms with Crippen molar-refractivity contribution in [2.45, 2.75) is 102 Å². The molecule has 7 aromatic heterocycles. The molecule has 2 aliphatic rings. The van der Waals surface area contributed by atoms with Gasteiger partial charge in [-0.05, 0) is 69.6 Å². The van der Waals surface area contributed by atoms with Gasteiger partial charge in [-0.25, -0.2) is 39.7 Å². The molecular formula is C63H67N13O15S6. The van der Waals surface area contributed by atoms with Crippen LogP contribution in [0.1, 0.15) is 139 Å². The first-order valence-electron chi connectivity index (χ1n) is 30.5. The number of anilines is 2. The average molecular weight is 1440 g/mol. The van der Waals surface area contributed by atoms with Crippen LogP contribution in [0.15, 0.2) is 64.0 Å². The average Bonchev–Trinajstić information content (AvgIpc) is 1.68. The molecule has 0 spiro atoms. The molecule has 1 fully saturated rings. The maximum atomic E-state index is 14.4. The van der Waals surface area contributed by atoms with E-state index in [0.29, 0.717) is 109 Å². The molecule has 34 heteroatoms. The highest BCUT2D eigenvalue weighted by Crippen LogP contribution is 2.41. The molecule has 10 rings (SSSR count). The summed E-state index contributed by atoms with van der Waals surface area (Å²) >= 11 is 6.80. The van der Waals surface area contributed by atoms with Crippen LogP contribution >= 0.6 is 68.0 Å². The van der Waals surface area contributed by atoms with Gasteiger partial charge in [-0.15, -0.1) is 56.7 Å². The summed E-state index contributed by atoms with van der Waals surface area (Å²) < 4.78 is 26.3. The molecule has 8 heterocycles. The molecule has 4 atom stereocenters. The summed E-state index contributed by atoms with van der Waals surface area (Å²) in [7, 11) is 6.77. The molecular weight excluding hydrogens is 1370 g/mol. The molecule has 28 nitrogen and oxygen atoms in total. The normalized spacial score (nSPS) is 17.3. The van der Waals surface area contributed by atoms with Crippen molar-refractivity contribution in [3.63, 3.8) is 0 Å². The second kappa shape index (κ2) is 32.9. The Hall–Kier alpha value is -8.90. The van der Waals surface area contributed by atoms with Crippen molar-refractivity contribution in [1.29, 1.82) is 0 Å². The highest BCUT2D eigenvalue weighted by atomic mass is 32.1. The summed E-state index contributed by atoms with van der Waals surface area (Å²) in [4.78, 5) is 157. The van der Waals surface area contributed by atoms with E-state index < -0.39 is 84.3 Å². The van der Waals surface area contributed by atoms with Gasteiger partial charge < -0.3 is 50.1 Å². The van der Waals surface area contributed by atoms with Crippen LogP contribution in [0, 0.1) is 18.8 Å². The molecule has 97 heavy (non-hydrogen) atoms. The highest BCUT2D eigenvalue weighted by Gasteiger charge is 2.34. The Labute approximate surface area is 579 Å². The summed E-state index contributed by atoms with van der Waals surface area (Å²) in [6.45, 7) is 1.15. The maximum absolute atomic E-state index is 14.4. The second-order valence-electron chi connectivity index (χ2n) is 22.2. The zero-order valence-corrected chi connectivity index (χ0v) is 58.1. The fourth-order valence-electron chi connectivity index (χ4n) is 10.7. The van der Waals surface area contributed by atoms with Crippen LogP contribution in [0.5, 0.6) is 0 Å². The number of aliphatic hydroxyl groups excluding tert-OH is 1. The molecule has 0 radical (unpaired) electrons. The van der Waals surface area contributed by atoms with Gasteiger partial charge in [0.2, 0.25) is 11.8 Å². The van der Waals surface area contributed by atoms with E-state index in [1.165, 1.54) is 63.1 Å². The topological polar surface area (TPSA) is 374 Å². The van der Waals surface area contributed by atoms with Gasteiger partial charge in [-0.3, -0.25) is 48.6 Å². The quantitative estimate of drug-likeness (QED) is 0.0250. The Morgan fingerprint density at radius 2 is 1.42 bits per heavy atom. The van der Waals surface area contributed by atoms with Crippen molar-refractivity contribution in [2.75, 3.05) is 58.8 Å². The number of methoxy groups -OCH3 is 4. The number of carbonyl (C=O) groups is 9. The van der Waals surface area contributed by atoms with Gasteiger partial charge in [0.15, 0.2) is 5.13 Å². The van der Waals surface area contributed by atoms with Crippen molar-refractivity contribution in [1.82, 2.24) is 56.2 Å². The van der Waals surface area contributed by atoms with E-state index in [9.17, 15) is 48.3 Å². The van der Waals surface area contributed by atoms with Gasteiger partial charge in [0.05, 0.1) is 69.4 Å². The Balaban J connectivity index is 1.01. The lowest BCUT2D eigenvalue weighted by Gasteiger charge is -2.29. The van der Waals surface area contributed by atoms with Gasteiger partial charge in [0, 0.05) is 59.1 Å². The van der Waals surface area contributed by atoms with E-state index in [-0.39, 0.29) is 77.3 Å². The van der Waals surface area contributed by atoms with Crippen LogP contribution in [0.25, 0.3) is 43.4 Å². The molecule has 8 aromatic rings. The molecule has 1 saturated carbocycles. The van der Waals surface area contributed by atoms with E-state index in [1.54, 1.807) is 70.9 Å². The minimum Gasteiger partial charge on any atom is -0.469 e. The van der Waals surface area contributed by atoms with Gasteiger partial charge in [-0.1, -0.05) is 48.1 Å². The van der Waals surface area contributed by atoms with E-state index in [0.717, 1.165) is 45.3 Å². The Bertz CT molecular complexity index is 4180. The number of ether oxygens (including phenoxy) is 5. The van der Waals surface area contributed by atoms with Crippen LogP contribution < -0.4 is 31.5 Å². The molecule has 1 aromatic carbocycles.